The first kappa shape index (κ1) is 11.2. The number of rotatable bonds is 2. The summed E-state index contributed by atoms with van der Waals surface area (Å²) in [4.78, 5) is 2.56. The molecular formula is C13H18BrN. The Bertz CT molecular complexity index is 346. The fraction of sp³-hybridized carbons (Fsp3) is 0.538. The molecule has 0 N–H and O–H groups in total. The lowest BCUT2D eigenvalue weighted by atomic mass is 9.99. The van der Waals surface area contributed by atoms with E-state index in [1.54, 1.807) is 0 Å². The summed E-state index contributed by atoms with van der Waals surface area (Å²) in [7, 11) is 0. The first-order valence-electron chi connectivity index (χ1n) is 5.65. The standard InChI is InChI=1S/C13H18BrN/c1-10(2)8-15-6-5-11-7-13(14)4-3-12(11)9-15/h3-4,7,10H,5-6,8-9H2,1-2H3. The summed E-state index contributed by atoms with van der Waals surface area (Å²) in [6.45, 7) is 8.13. The molecule has 1 nitrogen and oxygen atoms in total. The van der Waals surface area contributed by atoms with Crippen molar-refractivity contribution in [2.24, 2.45) is 5.92 Å². The Hall–Kier alpha value is -0.340. The van der Waals surface area contributed by atoms with Crippen LogP contribution in [0.2, 0.25) is 0 Å². The van der Waals surface area contributed by atoms with Crippen molar-refractivity contribution in [3.63, 3.8) is 0 Å². The number of benzene rings is 1. The zero-order chi connectivity index (χ0) is 10.8. The molecule has 0 saturated heterocycles. The highest BCUT2D eigenvalue weighted by molar-refractivity contribution is 9.10. The molecule has 1 heterocycles. The third-order valence-electron chi connectivity index (χ3n) is 2.88. The van der Waals surface area contributed by atoms with Crippen LogP contribution in [0.4, 0.5) is 0 Å². The van der Waals surface area contributed by atoms with Crippen molar-refractivity contribution >= 4 is 15.9 Å². The Labute approximate surface area is 101 Å². The Morgan fingerprint density at radius 1 is 1.33 bits per heavy atom. The van der Waals surface area contributed by atoms with Crippen LogP contribution in [0.5, 0.6) is 0 Å². The predicted molar refractivity (Wildman–Crippen MR) is 68.0 cm³/mol. The molecular weight excluding hydrogens is 250 g/mol. The van der Waals surface area contributed by atoms with Crippen LogP contribution in [0.25, 0.3) is 0 Å². The second-order valence-corrected chi connectivity index (χ2v) is 5.71. The lowest BCUT2D eigenvalue weighted by Crippen LogP contribution is -2.33. The molecule has 1 aromatic carbocycles. The van der Waals surface area contributed by atoms with E-state index in [0.717, 1.165) is 12.5 Å². The summed E-state index contributed by atoms with van der Waals surface area (Å²) in [6, 6.07) is 6.67. The summed E-state index contributed by atoms with van der Waals surface area (Å²) in [5.41, 5.74) is 3.02. The van der Waals surface area contributed by atoms with Crippen LogP contribution < -0.4 is 0 Å². The van der Waals surface area contributed by atoms with Crippen molar-refractivity contribution in [3.8, 4) is 0 Å². The minimum Gasteiger partial charge on any atom is -0.298 e. The molecule has 0 fully saturated rings. The van der Waals surface area contributed by atoms with Crippen LogP contribution in [0.15, 0.2) is 22.7 Å². The lowest BCUT2D eigenvalue weighted by Gasteiger charge is -2.30. The Morgan fingerprint density at radius 2 is 2.13 bits per heavy atom. The van der Waals surface area contributed by atoms with E-state index >= 15 is 0 Å². The van der Waals surface area contributed by atoms with Gasteiger partial charge in [-0.2, -0.15) is 0 Å². The fourth-order valence-electron chi connectivity index (χ4n) is 2.25. The molecule has 82 valence electrons. The maximum absolute atomic E-state index is 3.53. The van der Waals surface area contributed by atoms with E-state index in [-0.39, 0.29) is 0 Å². The van der Waals surface area contributed by atoms with Crippen LogP contribution in [0.3, 0.4) is 0 Å². The number of fused-ring (bicyclic) bond motifs is 1. The third-order valence-corrected chi connectivity index (χ3v) is 3.38. The van der Waals surface area contributed by atoms with Gasteiger partial charge in [0.15, 0.2) is 0 Å². The van der Waals surface area contributed by atoms with E-state index in [9.17, 15) is 0 Å². The van der Waals surface area contributed by atoms with E-state index in [1.807, 2.05) is 0 Å². The van der Waals surface area contributed by atoms with Crippen molar-refractivity contribution in [1.82, 2.24) is 4.90 Å². The van der Waals surface area contributed by atoms with Crippen LogP contribution in [-0.4, -0.2) is 18.0 Å². The van der Waals surface area contributed by atoms with E-state index in [2.05, 4.69) is 52.9 Å². The SMILES string of the molecule is CC(C)CN1CCc2cc(Br)ccc2C1. The molecule has 0 radical (unpaired) electrons. The van der Waals surface area contributed by atoms with Gasteiger partial charge in [0.25, 0.3) is 0 Å². The highest BCUT2D eigenvalue weighted by atomic mass is 79.9. The molecule has 1 aliphatic heterocycles. The van der Waals surface area contributed by atoms with Gasteiger partial charge in [-0.25, -0.2) is 0 Å². The van der Waals surface area contributed by atoms with E-state index in [1.165, 1.54) is 35.1 Å². The molecule has 0 bridgehead atoms. The maximum Gasteiger partial charge on any atom is 0.0236 e. The van der Waals surface area contributed by atoms with Gasteiger partial charge in [0.1, 0.15) is 0 Å². The highest BCUT2D eigenvalue weighted by Crippen LogP contribution is 2.23. The van der Waals surface area contributed by atoms with Crippen LogP contribution >= 0.6 is 15.9 Å². The van der Waals surface area contributed by atoms with E-state index in [0.29, 0.717) is 0 Å². The summed E-state index contributed by atoms with van der Waals surface area (Å²) in [5, 5.41) is 0. The van der Waals surface area contributed by atoms with Gasteiger partial charge in [0, 0.05) is 24.1 Å². The van der Waals surface area contributed by atoms with Gasteiger partial charge in [-0.1, -0.05) is 35.8 Å². The Kier molecular flexibility index (Phi) is 3.47. The number of nitrogens with zero attached hydrogens (tertiary/aromatic N) is 1. The van der Waals surface area contributed by atoms with Gasteiger partial charge in [0.2, 0.25) is 0 Å². The van der Waals surface area contributed by atoms with E-state index < -0.39 is 0 Å². The van der Waals surface area contributed by atoms with Crippen molar-refractivity contribution in [2.45, 2.75) is 26.8 Å². The zero-order valence-electron chi connectivity index (χ0n) is 9.46. The average molecular weight is 268 g/mol. The van der Waals surface area contributed by atoms with Gasteiger partial charge in [-0.3, -0.25) is 4.90 Å². The summed E-state index contributed by atoms with van der Waals surface area (Å²) >= 11 is 3.53. The monoisotopic (exact) mass is 267 g/mol. The zero-order valence-corrected chi connectivity index (χ0v) is 11.0. The third kappa shape index (κ3) is 2.82. The second kappa shape index (κ2) is 4.67. The smallest absolute Gasteiger partial charge is 0.0236 e. The molecule has 0 atom stereocenters. The molecule has 15 heavy (non-hydrogen) atoms. The number of hydrogen-bond donors (Lipinski definition) is 0. The minimum atomic E-state index is 0.766. The fourth-order valence-corrected chi connectivity index (χ4v) is 2.66. The first-order valence-corrected chi connectivity index (χ1v) is 6.44. The molecule has 0 aromatic heterocycles. The lowest BCUT2D eigenvalue weighted by molar-refractivity contribution is 0.226. The molecule has 1 aromatic rings. The summed E-state index contributed by atoms with van der Waals surface area (Å²) in [5.74, 6) is 0.766. The molecule has 1 aliphatic rings. The molecule has 0 saturated carbocycles. The van der Waals surface area contributed by atoms with Crippen molar-refractivity contribution in [2.75, 3.05) is 13.1 Å². The molecule has 0 spiro atoms. The van der Waals surface area contributed by atoms with Crippen LogP contribution in [0, 0.1) is 5.92 Å². The maximum atomic E-state index is 3.53. The quantitative estimate of drug-likeness (QED) is 0.794. The molecule has 2 rings (SSSR count). The van der Waals surface area contributed by atoms with Gasteiger partial charge < -0.3 is 0 Å². The highest BCUT2D eigenvalue weighted by Gasteiger charge is 2.16. The Morgan fingerprint density at radius 3 is 2.87 bits per heavy atom. The van der Waals surface area contributed by atoms with Gasteiger partial charge >= 0.3 is 0 Å². The summed E-state index contributed by atoms with van der Waals surface area (Å²) < 4.78 is 1.21. The number of hydrogen-bond acceptors (Lipinski definition) is 1. The van der Waals surface area contributed by atoms with E-state index in [4.69, 9.17) is 0 Å². The van der Waals surface area contributed by atoms with Crippen LogP contribution in [0.1, 0.15) is 25.0 Å². The normalized spacial score (nSPS) is 16.8. The predicted octanol–water partition coefficient (Wildman–Crippen LogP) is 3.46. The minimum absolute atomic E-state index is 0.766. The largest absolute Gasteiger partial charge is 0.298 e. The molecule has 2 heteroatoms. The first-order chi connectivity index (χ1) is 7.15. The van der Waals surface area contributed by atoms with Crippen molar-refractivity contribution in [3.05, 3.63) is 33.8 Å². The topological polar surface area (TPSA) is 3.24 Å². The van der Waals surface area contributed by atoms with Gasteiger partial charge in [0.05, 0.1) is 0 Å². The average Bonchev–Trinajstić information content (AvgIpc) is 2.17. The molecule has 0 amide bonds. The van der Waals surface area contributed by atoms with Gasteiger partial charge in [-0.05, 0) is 35.6 Å². The van der Waals surface area contributed by atoms with Gasteiger partial charge in [-0.15, -0.1) is 0 Å². The second-order valence-electron chi connectivity index (χ2n) is 4.79. The molecule has 0 aliphatic carbocycles. The van der Waals surface area contributed by atoms with Crippen molar-refractivity contribution < 1.29 is 0 Å². The van der Waals surface area contributed by atoms with Crippen molar-refractivity contribution in [1.29, 1.82) is 0 Å². The number of halogens is 1. The molecule has 0 unspecified atom stereocenters. The van der Waals surface area contributed by atoms with Crippen LogP contribution in [-0.2, 0) is 13.0 Å². The Balaban J connectivity index is 2.10. The summed E-state index contributed by atoms with van der Waals surface area (Å²) in [6.07, 6.45) is 1.20.